The monoisotopic (exact) mass is 517 g/mol. The maximum absolute atomic E-state index is 13.5. The highest BCUT2D eigenvalue weighted by Crippen LogP contribution is 2.38. The summed E-state index contributed by atoms with van der Waals surface area (Å²) >= 11 is 2.87. The summed E-state index contributed by atoms with van der Waals surface area (Å²) in [5.74, 6) is 0.145. The van der Waals surface area contributed by atoms with E-state index in [4.69, 9.17) is 4.74 Å². The second kappa shape index (κ2) is 12.2. The van der Waals surface area contributed by atoms with E-state index < -0.39 is 0 Å². The number of rotatable bonds is 8. The Kier molecular flexibility index (Phi) is 9.30. The van der Waals surface area contributed by atoms with E-state index in [9.17, 15) is 14.4 Å². The van der Waals surface area contributed by atoms with Crippen molar-refractivity contribution < 1.29 is 19.1 Å². The van der Waals surface area contributed by atoms with Crippen molar-refractivity contribution in [2.75, 3.05) is 59.2 Å². The predicted octanol–water partition coefficient (Wildman–Crippen LogP) is 2.97. The number of hydrogen-bond acceptors (Lipinski definition) is 8. The fraction of sp³-hybridized carbons (Fsp3) is 0.417. The molecule has 1 saturated heterocycles. The number of thiazole rings is 1. The van der Waals surface area contributed by atoms with Crippen LogP contribution in [0, 0.1) is 6.92 Å². The van der Waals surface area contributed by atoms with Gasteiger partial charge in [-0.05, 0) is 51.2 Å². The van der Waals surface area contributed by atoms with E-state index in [0.717, 1.165) is 14.7 Å². The SMILES string of the molecule is C=CC(=O)N1CCCN(C(=O)c2cc(Sc3cnc(NC(=O)CN(C)C)s3)c(C)cc2OC)CC1. The molecule has 1 aromatic heterocycles. The van der Waals surface area contributed by atoms with Crippen molar-refractivity contribution >= 4 is 46.0 Å². The Morgan fingerprint density at radius 2 is 1.94 bits per heavy atom. The molecule has 1 aliphatic heterocycles. The molecule has 1 N–H and O–H groups in total. The summed E-state index contributed by atoms with van der Waals surface area (Å²) in [6.07, 6.45) is 3.72. The number of carbonyl (C=O) groups excluding carboxylic acids is 3. The zero-order valence-corrected chi connectivity index (χ0v) is 22.1. The van der Waals surface area contributed by atoms with Crippen molar-refractivity contribution in [2.24, 2.45) is 0 Å². The van der Waals surface area contributed by atoms with Gasteiger partial charge in [-0.2, -0.15) is 0 Å². The average Bonchev–Trinajstić information content (AvgIpc) is 3.10. The molecular weight excluding hydrogens is 486 g/mol. The molecule has 0 unspecified atom stereocenters. The van der Waals surface area contributed by atoms with Crippen LogP contribution < -0.4 is 10.1 Å². The Bertz CT molecular complexity index is 1100. The Labute approximate surface area is 214 Å². The summed E-state index contributed by atoms with van der Waals surface area (Å²) in [5.41, 5.74) is 1.45. The lowest BCUT2D eigenvalue weighted by molar-refractivity contribution is -0.125. The molecular formula is C24H31N5O4S2. The summed E-state index contributed by atoms with van der Waals surface area (Å²) in [5, 5.41) is 3.34. The third-order valence-electron chi connectivity index (χ3n) is 5.40. The van der Waals surface area contributed by atoms with Crippen molar-refractivity contribution in [1.29, 1.82) is 0 Å². The Hall–Kier alpha value is -2.89. The predicted molar refractivity (Wildman–Crippen MR) is 138 cm³/mol. The number of aromatic nitrogens is 1. The number of nitrogens with zero attached hydrogens (tertiary/aromatic N) is 4. The van der Waals surface area contributed by atoms with Gasteiger partial charge >= 0.3 is 0 Å². The van der Waals surface area contributed by atoms with Gasteiger partial charge in [0, 0.05) is 31.1 Å². The van der Waals surface area contributed by atoms with Gasteiger partial charge in [0.1, 0.15) is 5.75 Å². The van der Waals surface area contributed by atoms with Gasteiger partial charge in [-0.3, -0.25) is 14.4 Å². The van der Waals surface area contributed by atoms with Crippen LogP contribution in [-0.2, 0) is 9.59 Å². The first-order valence-corrected chi connectivity index (χ1v) is 12.8. The van der Waals surface area contributed by atoms with Crippen LogP contribution in [0.1, 0.15) is 22.3 Å². The fourth-order valence-electron chi connectivity index (χ4n) is 3.67. The molecule has 2 aromatic rings. The minimum atomic E-state index is -0.127. The molecule has 3 amide bonds. The van der Waals surface area contributed by atoms with E-state index in [1.165, 1.54) is 29.2 Å². The number of aryl methyl sites for hydroxylation is 1. The minimum Gasteiger partial charge on any atom is -0.496 e. The Morgan fingerprint density at radius 1 is 1.23 bits per heavy atom. The molecule has 0 bridgehead atoms. The topological polar surface area (TPSA) is 95.1 Å². The van der Waals surface area contributed by atoms with Crippen molar-refractivity contribution in [2.45, 2.75) is 22.4 Å². The quantitative estimate of drug-likeness (QED) is 0.538. The van der Waals surface area contributed by atoms with Crippen LogP contribution in [-0.4, -0.2) is 91.3 Å². The molecule has 0 saturated carbocycles. The van der Waals surface area contributed by atoms with Gasteiger partial charge in [0.2, 0.25) is 11.8 Å². The van der Waals surface area contributed by atoms with Crippen LogP contribution in [0.2, 0.25) is 0 Å². The lowest BCUT2D eigenvalue weighted by Crippen LogP contribution is -2.36. The number of benzene rings is 1. The van der Waals surface area contributed by atoms with E-state index in [-0.39, 0.29) is 24.3 Å². The lowest BCUT2D eigenvalue weighted by Gasteiger charge is -2.23. The largest absolute Gasteiger partial charge is 0.496 e. The van der Waals surface area contributed by atoms with Gasteiger partial charge in [-0.1, -0.05) is 29.7 Å². The van der Waals surface area contributed by atoms with Crippen molar-refractivity contribution in [1.82, 2.24) is 19.7 Å². The summed E-state index contributed by atoms with van der Waals surface area (Å²) in [7, 11) is 5.21. The second-order valence-corrected chi connectivity index (χ2v) is 10.7. The molecule has 0 atom stereocenters. The summed E-state index contributed by atoms with van der Waals surface area (Å²) in [4.78, 5) is 47.9. The van der Waals surface area contributed by atoms with Crippen LogP contribution >= 0.6 is 23.1 Å². The number of methoxy groups -OCH3 is 1. The first kappa shape index (κ1) is 26.7. The van der Waals surface area contributed by atoms with Gasteiger partial charge in [-0.15, -0.1) is 0 Å². The molecule has 9 nitrogen and oxygen atoms in total. The van der Waals surface area contributed by atoms with Gasteiger partial charge in [0.15, 0.2) is 5.13 Å². The van der Waals surface area contributed by atoms with Crippen LogP contribution in [0.4, 0.5) is 5.13 Å². The smallest absolute Gasteiger partial charge is 0.257 e. The number of anilines is 1. The number of carbonyl (C=O) groups is 3. The van der Waals surface area contributed by atoms with E-state index in [1.54, 1.807) is 28.0 Å². The average molecular weight is 518 g/mol. The van der Waals surface area contributed by atoms with Crippen LogP contribution in [0.25, 0.3) is 0 Å². The molecule has 1 aromatic carbocycles. The molecule has 0 spiro atoms. The highest BCUT2D eigenvalue weighted by molar-refractivity contribution is 8.01. The van der Waals surface area contributed by atoms with Crippen molar-refractivity contribution in [3.8, 4) is 5.75 Å². The first-order chi connectivity index (χ1) is 16.7. The normalized spacial score (nSPS) is 14.0. The number of ether oxygens (including phenoxy) is 1. The third kappa shape index (κ3) is 7.06. The highest BCUT2D eigenvalue weighted by Gasteiger charge is 2.25. The molecule has 3 rings (SSSR count). The molecule has 11 heteroatoms. The van der Waals surface area contributed by atoms with Crippen LogP contribution in [0.5, 0.6) is 5.75 Å². The zero-order chi connectivity index (χ0) is 25.5. The summed E-state index contributed by atoms with van der Waals surface area (Å²) < 4.78 is 6.43. The van der Waals surface area contributed by atoms with Crippen LogP contribution in [0.3, 0.4) is 0 Å². The molecule has 0 radical (unpaired) electrons. The first-order valence-electron chi connectivity index (χ1n) is 11.2. The highest BCUT2D eigenvalue weighted by atomic mass is 32.2. The Morgan fingerprint density at radius 3 is 2.63 bits per heavy atom. The van der Waals surface area contributed by atoms with E-state index in [1.807, 2.05) is 33.2 Å². The molecule has 1 aliphatic rings. The van der Waals surface area contributed by atoms with Crippen LogP contribution in [0.15, 0.2) is 40.1 Å². The van der Waals surface area contributed by atoms with Crippen molar-refractivity contribution in [3.63, 3.8) is 0 Å². The molecule has 2 heterocycles. The molecule has 1 fully saturated rings. The molecule has 188 valence electrons. The maximum Gasteiger partial charge on any atom is 0.257 e. The van der Waals surface area contributed by atoms with Gasteiger partial charge in [0.05, 0.1) is 29.6 Å². The summed E-state index contributed by atoms with van der Waals surface area (Å²) in [6.45, 7) is 7.87. The van der Waals surface area contributed by atoms with Gasteiger partial charge in [0.25, 0.3) is 5.91 Å². The number of hydrogen-bond donors (Lipinski definition) is 1. The van der Waals surface area contributed by atoms with E-state index in [2.05, 4.69) is 16.9 Å². The third-order valence-corrected chi connectivity index (χ3v) is 7.57. The molecule has 0 aliphatic carbocycles. The molecule has 35 heavy (non-hydrogen) atoms. The fourth-order valence-corrected chi connectivity index (χ4v) is 5.62. The Balaban J connectivity index is 1.77. The minimum absolute atomic E-state index is 0.118. The number of nitrogens with one attached hydrogen (secondary N) is 1. The van der Waals surface area contributed by atoms with E-state index >= 15 is 0 Å². The second-order valence-electron chi connectivity index (χ2n) is 8.37. The lowest BCUT2D eigenvalue weighted by atomic mass is 10.1. The maximum atomic E-state index is 13.5. The number of amides is 3. The number of likely N-dealkylation sites (N-methyl/N-ethyl adjacent to an activating group) is 1. The van der Waals surface area contributed by atoms with Gasteiger partial charge < -0.3 is 24.8 Å². The van der Waals surface area contributed by atoms with Gasteiger partial charge in [-0.25, -0.2) is 4.98 Å². The standard InChI is InChI=1S/C24H31N5O4S2/c1-6-21(31)28-8-7-9-29(11-10-28)23(32)17-13-19(16(2)12-18(17)33-5)34-22-14-25-24(35-22)26-20(30)15-27(3)4/h6,12-14H,1,7-11,15H2,2-5H3,(H,25,26,30). The van der Waals surface area contributed by atoms with E-state index in [0.29, 0.717) is 49.0 Å². The summed E-state index contributed by atoms with van der Waals surface area (Å²) in [6, 6.07) is 3.71. The zero-order valence-electron chi connectivity index (χ0n) is 20.5. The van der Waals surface area contributed by atoms with Crippen molar-refractivity contribution in [3.05, 3.63) is 42.1 Å².